The second-order valence-electron chi connectivity index (χ2n) is 6.15. The molecular weight excluding hydrogens is 410 g/mol. The third-order valence-corrected chi connectivity index (χ3v) is 4.96. The summed E-state index contributed by atoms with van der Waals surface area (Å²) in [7, 11) is 0. The smallest absolute Gasteiger partial charge is 0.288 e. The largest absolute Gasteiger partial charge is 0.502 e. The summed E-state index contributed by atoms with van der Waals surface area (Å²) in [6.45, 7) is 1.85. The number of aromatic nitrogens is 1. The normalized spacial score (nSPS) is 11.5. The SMILES string of the molecule is Cc1c(Cl)cccc1NC(=S)/C(=C(\O)c1cccc([N+](=O)[O-])c1)[n+]1ccccc1. The highest BCUT2D eigenvalue weighted by Crippen LogP contribution is 2.26. The molecule has 146 valence electrons. The number of thiocarbonyl (C=S) groups is 1. The molecule has 6 nitrogen and oxygen atoms in total. The molecule has 3 aromatic rings. The van der Waals surface area contributed by atoms with Crippen LogP contribution in [0, 0.1) is 17.0 Å². The predicted octanol–water partition coefficient (Wildman–Crippen LogP) is 5.17. The van der Waals surface area contributed by atoms with Crippen LogP contribution in [-0.2, 0) is 0 Å². The number of hydrogen-bond donors (Lipinski definition) is 2. The van der Waals surface area contributed by atoms with Gasteiger partial charge in [0.1, 0.15) is 0 Å². The number of aliphatic hydroxyl groups excluding tert-OH is 1. The predicted molar refractivity (Wildman–Crippen MR) is 118 cm³/mol. The van der Waals surface area contributed by atoms with Gasteiger partial charge in [-0.1, -0.05) is 48.1 Å². The zero-order chi connectivity index (χ0) is 21.0. The van der Waals surface area contributed by atoms with Gasteiger partial charge in [0.2, 0.25) is 0 Å². The molecular formula is C21H17ClN3O3S+. The fraction of sp³-hybridized carbons (Fsp3) is 0.0476. The number of nitro groups is 1. The fourth-order valence-corrected chi connectivity index (χ4v) is 3.21. The third-order valence-electron chi connectivity index (χ3n) is 4.26. The molecule has 0 amide bonds. The number of nitrogens with one attached hydrogen (secondary N) is 1. The lowest BCUT2D eigenvalue weighted by atomic mass is 10.1. The number of pyridine rings is 1. The molecule has 0 spiro atoms. The Morgan fingerprint density at radius 3 is 2.52 bits per heavy atom. The minimum atomic E-state index is -0.516. The zero-order valence-electron chi connectivity index (χ0n) is 15.4. The van der Waals surface area contributed by atoms with E-state index in [0.29, 0.717) is 10.7 Å². The second kappa shape index (κ2) is 8.81. The molecule has 0 aliphatic heterocycles. The number of nitrogens with zero attached hydrogens (tertiary/aromatic N) is 2. The van der Waals surface area contributed by atoms with E-state index in [4.69, 9.17) is 23.8 Å². The molecule has 0 saturated carbocycles. The number of hydrogen-bond acceptors (Lipinski definition) is 4. The van der Waals surface area contributed by atoms with E-state index >= 15 is 0 Å². The van der Waals surface area contributed by atoms with Crippen LogP contribution in [-0.4, -0.2) is 15.0 Å². The summed E-state index contributed by atoms with van der Waals surface area (Å²) < 4.78 is 1.64. The van der Waals surface area contributed by atoms with E-state index in [1.54, 1.807) is 47.3 Å². The van der Waals surface area contributed by atoms with Crippen molar-refractivity contribution < 1.29 is 14.6 Å². The van der Waals surface area contributed by atoms with Crippen LogP contribution in [0.25, 0.3) is 11.5 Å². The van der Waals surface area contributed by atoms with Crippen molar-refractivity contribution in [2.45, 2.75) is 6.92 Å². The van der Waals surface area contributed by atoms with Crippen LogP contribution >= 0.6 is 23.8 Å². The highest BCUT2D eigenvalue weighted by atomic mass is 35.5. The molecule has 0 fully saturated rings. The fourth-order valence-electron chi connectivity index (χ4n) is 2.72. The molecule has 0 unspecified atom stereocenters. The summed E-state index contributed by atoms with van der Waals surface area (Å²) in [5.74, 6) is -0.193. The van der Waals surface area contributed by atoms with Crippen LogP contribution in [0.15, 0.2) is 73.1 Å². The Morgan fingerprint density at radius 1 is 1.14 bits per heavy atom. The maximum absolute atomic E-state index is 11.1. The van der Waals surface area contributed by atoms with Crippen LogP contribution in [0.5, 0.6) is 0 Å². The van der Waals surface area contributed by atoms with Gasteiger partial charge in [0.05, 0.1) is 4.92 Å². The molecule has 0 radical (unpaired) electrons. The number of halogens is 1. The van der Waals surface area contributed by atoms with Crippen molar-refractivity contribution in [3.8, 4) is 0 Å². The first-order chi connectivity index (χ1) is 13.9. The van der Waals surface area contributed by atoms with Crippen LogP contribution in [0.2, 0.25) is 5.02 Å². The topological polar surface area (TPSA) is 79.3 Å². The summed E-state index contributed by atoms with van der Waals surface area (Å²) in [5, 5.41) is 25.8. The second-order valence-corrected chi connectivity index (χ2v) is 6.97. The van der Waals surface area contributed by atoms with Crippen LogP contribution in [0.3, 0.4) is 0 Å². The Morgan fingerprint density at radius 2 is 1.83 bits per heavy atom. The Kier molecular flexibility index (Phi) is 6.21. The average Bonchev–Trinajstić information content (AvgIpc) is 2.72. The zero-order valence-corrected chi connectivity index (χ0v) is 16.9. The Balaban J connectivity index is 2.11. The number of nitro benzene ring substituents is 1. The molecule has 0 saturated heterocycles. The summed E-state index contributed by atoms with van der Waals surface area (Å²) >= 11 is 11.8. The molecule has 2 N–H and O–H groups in total. The van der Waals surface area contributed by atoms with Gasteiger partial charge >= 0.3 is 0 Å². The maximum Gasteiger partial charge on any atom is 0.288 e. The molecule has 29 heavy (non-hydrogen) atoms. The van der Waals surface area contributed by atoms with Gasteiger partial charge in [-0.3, -0.25) is 10.1 Å². The van der Waals surface area contributed by atoms with Gasteiger partial charge in [-0.05, 0) is 24.6 Å². The van der Waals surface area contributed by atoms with Gasteiger partial charge in [0, 0.05) is 40.5 Å². The number of aliphatic hydroxyl groups is 1. The van der Waals surface area contributed by atoms with Crippen molar-refractivity contribution in [2.24, 2.45) is 0 Å². The molecule has 0 bridgehead atoms. The maximum atomic E-state index is 11.1. The number of rotatable bonds is 5. The van der Waals surface area contributed by atoms with Gasteiger partial charge < -0.3 is 10.4 Å². The molecule has 0 aliphatic rings. The summed E-state index contributed by atoms with van der Waals surface area (Å²) in [5.41, 5.74) is 1.93. The lowest BCUT2D eigenvalue weighted by Crippen LogP contribution is -2.38. The average molecular weight is 427 g/mol. The summed E-state index contributed by atoms with van der Waals surface area (Å²) in [6, 6.07) is 16.5. The van der Waals surface area contributed by atoms with Crippen molar-refractivity contribution in [2.75, 3.05) is 5.32 Å². The van der Waals surface area contributed by atoms with Gasteiger partial charge in [0.15, 0.2) is 23.1 Å². The van der Waals surface area contributed by atoms with E-state index in [9.17, 15) is 15.2 Å². The quantitative estimate of drug-likeness (QED) is 0.147. The van der Waals surface area contributed by atoms with E-state index in [1.807, 2.05) is 19.1 Å². The number of non-ortho nitro benzene ring substituents is 1. The minimum Gasteiger partial charge on any atom is -0.502 e. The lowest BCUT2D eigenvalue weighted by molar-refractivity contribution is -0.575. The first kappa shape index (κ1) is 20.4. The third kappa shape index (κ3) is 4.59. The van der Waals surface area contributed by atoms with E-state index in [0.717, 1.165) is 5.56 Å². The van der Waals surface area contributed by atoms with Crippen LogP contribution < -0.4 is 9.88 Å². The van der Waals surface area contributed by atoms with Gasteiger partial charge in [-0.25, -0.2) is 0 Å². The number of anilines is 1. The summed E-state index contributed by atoms with van der Waals surface area (Å²) in [4.78, 5) is 10.8. The first-order valence-corrected chi connectivity index (χ1v) is 9.38. The first-order valence-electron chi connectivity index (χ1n) is 8.59. The van der Waals surface area contributed by atoms with Crippen molar-refractivity contribution in [1.82, 2.24) is 0 Å². The highest BCUT2D eigenvalue weighted by molar-refractivity contribution is 7.81. The van der Waals surface area contributed by atoms with Crippen LogP contribution in [0.4, 0.5) is 11.4 Å². The number of benzene rings is 2. The molecule has 8 heteroatoms. The molecule has 0 aliphatic carbocycles. The van der Waals surface area contributed by atoms with Gasteiger partial charge in [-0.2, -0.15) is 4.57 Å². The van der Waals surface area contributed by atoms with Crippen LogP contribution in [0.1, 0.15) is 11.1 Å². The highest BCUT2D eigenvalue weighted by Gasteiger charge is 2.25. The molecule has 0 atom stereocenters. The van der Waals surface area contributed by atoms with E-state index in [-0.39, 0.29) is 27.7 Å². The molecule has 3 rings (SSSR count). The van der Waals surface area contributed by atoms with Gasteiger partial charge in [-0.15, -0.1) is 0 Å². The molecule has 1 heterocycles. The Bertz CT molecular complexity index is 1120. The van der Waals surface area contributed by atoms with Crippen molar-refractivity contribution >= 4 is 51.6 Å². The minimum absolute atomic E-state index is 0.129. The van der Waals surface area contributed by atoms with E-state index in [2.05, 4.69) is 5.32 Å². The standard InChI is InChI=1S/C21H16ClN3O3S/c1-14-17(22)9-6-10-18(14)23-21(29)19(24-11-3-2-4-12-24)20(26)15-7-5-8-16(13-15)25(27)28/h2-13H,1H3,(H-,23,26,29)/p+1. The van der Waals surface area contributed by atoms with E-state index in [1.165, 1.54) is 18.2 Å². The van der Waals surface area contributed by atoms with Crippen molar-refractivity contribution in [3.63, 3.8) is 0 Å². The monoisotopic (exact) mass is 426 g/mol. The lowest BCUT2D eigenvalue weighted by Gasteiger charge is -2.12. The molecule has 1 aromatic heterocycles. The van der Waals surface area contributed by atoms with E-state index < -0.39 is 4.92 Å². The Labute approximate surface area is 177 Å². The van der Waals surface area contributed by atoms with Crippen molar-refractivity contribution in [1.29, 1.82) is 0 Å². The van der Waals surface area contributed by atoms with Crippen molar-refractivity contribution in [3.05, 3.63) is 99.3 Å². The molecule has 2 aromatic carbocycles. The summed E-state index contributed by atoms with van der Waals surface area (Å²) in [6.07, 6.45) is 3.45. The van der Waals surface area contributed by atoms with Gasteiger partial charge in [0.25, 0.3) is 11.4 Å². The Hall–Kier alpha value is -3.29.